The van der Waals surface area contributed by atoms with Crippen molar-refractivity contribution < 1.29 is 9.90 Å². The van der Waals surface area contributed by atoms with Crippen LogP contribution < -0.4 is 0 Å². The van der Waals surface area contributed by atoms with Gasteiger partial charge in [0.15, 0.2) is 0 Å². The summed E-state index contributed by atoms with van der Waals surface area (Å²) in [7, 11) is 0. The molecular formula is C11H16O2. The normalized spacial score (nSPS) is 39.7. The lowest BCUT2D eigenvalue weighted by atomic mass is 9.64. The molecule has 0 spiro atoms. The summed E-state index contributed by atoms with van der Waals surface area (Å²) in [6.45, 7) is 1.99. The molecule has 0 amide bonds. The van der Waals surface area contributed by atoms with Gasteiger partial charge >= 0.3 is 0 Å². The minimum Gasteiger partial charge on any atom is -0.389 e. The number of aliphatic hydroxyl groups is 1. The molecule has 1 fully saturated rings. The molecule has 0 aromatic rings. The number of fused-ring (bicyclic) bond motifs is 1. The third-order valence-electron chi connectivity index (χ3n) is 3.50. The largest absolute Gasteiger partial charge is 0.389 e. The number of rotatable bonds is 0. The van der Waals surface area contributed by atoms with Crippen LogP contribution >= 0.6 is 0 Å². The molecule has 2 aliphatic rings. The van der Waals surface area contributed by atoms with E-state index in [2.05, 4.69) is 6.08 Å². The maximum absolute atomic E-state index is 11.7. The van der Waals surface area contributed by atoms with Gasteiger partial charge in [-0.1, -0.05) is 6.08 Å². The molecule has 0 saturated heterocycles. The topological polar surface area (TPSA) is 37.3 Å². The third-order valence-corrected chi connectivity index (χ3v) is 3.50. The quantitative estimate of drug-likeness (QED) is 0.577. The highest BCUT2D eigenvalue weighted by molar-refractivity contribution is 5.89. The molecule has 2 rings (SSSR count). The van der Waals surface area contributed by atoms with Crippen molar-refractivity contribution in [2.75, 3.05) is 0 Å². The van der Waals surface area contributed by atoms with E-state index in [0.29, 0.717) is 12.2 Å². The molecule has 2 heteroatoms. The Bertz CT molecular complexity index is 267. The zero-order valence-corrected chi connectivity index (χ0v) is 8.05. The average molecular weight is 180 g/mol. The van der Waals surface area contributed by atoms with Gasteiger partial charge in [0.1, 0.15) is 5.78 Å². The Balaban J connectivity index is 2.38. The van der Waals surface area contributed by atoms with Crippen LogP contribution in [0.3, 0.4) is 0 Å². The predicted octanol–water partition coefficient (Wildman–Crippen LogP) is 1.83. The molecule has 2 aliphatic carbocycles. The van der Waals surface area contributed by atoms with Crippen LogP contribution in [0.2, 0.25) is 0 Å². The summed E-state index contributed by atoms with van der Waals surface area (Å²) in [4.78, 5) is 11.7. The summed E-state index contributed by atoms with van der Waals surface area (Å²) >= 11 is 0. The van der Waals surface area contributed by atoms with Crippen LogP contribution in [-0.2, 0) is 4.79 Å². The second-order valence-corrected chi connectivity index (χ2v) is 4.36. The van der Waals surface area contributed by atoms with Crippen LogP contribution in [0.4, 0.5) is 0 Å². The van der Waals surface area contributed by atoms with Crippen molar-refractivity contribution in [2.24, 2.45) is 5.41 Å². The smallest absolute Gasteiger partial charge is 0.143 e. The zero-order valence-electron chi connectivity index (χ0n) is 8.05. The maximum Gasteiger partial charge on any atom is 0.143 e. The lowest BCUT2D eigenvalue weighted by molar-refractivity contribution is -0.128. The SMILES string of the molecule is CC12CCCC(O)C1=CCCC2=O. The van der Waals surface area contributed by atoms with Crippen molar-refractivity contribution in [3.05, 3.63) is 11.6 Å². The molecule has 2 atom stereocenters. The van der Waals surface area contributed by atoms with Crippen LogP contribution in [-0.4, -0.2) is 17.0 Å². The summed E-state index contributed by atoms with van der Waals surface area (Å²) in [6, 6.07) is 0. The Morgan fingerprint density at radius 1 is 1.62 bits per heavy atom. The molecule has 0 heterocycles. The lowest BCUT2D eigenvalue weighted by Gasteiger charge is -2.40. The Morgan fingerprint density at radius 2 is 2.38 bits per heavy atom. The summed E-state index contributed by atoms with van der Waals surface area (Å²) in [5.41, 5.74) is 0.672. The molecule has 0 aliphatic heterocycles. The predicted molar refractivity (Wildman–Crippen MR) is 50.3 cm³/mol. The van der Waals surface area contributed by atoms with Gasteiger partial charge in [0.2, 0.25) is 0 Å². The fraction of sp³-hybridized carbons (Fsp3) is 0.727. The number of Topliss-reactive ketones (excluding diaryl/α,β-unsaturated/α-hetero) is 1. The Labute approximate surface area is 78.6 Å². The number of carbonyl (C=O) groups excluding carboxylic acids is 1. The molecule has 2 unspecified atom stereocenters. The number of aliphatic hydroxyl groups excluding tert-OH is 1. The first-order valence-corrected chi connectivity index (χ1v) is 5.06. The number of hydrogen-bond acceptors (Lipinski definition) is 2. The fourth-order valence-electron chi connectivity index (χ4n) is 2.61. The van der Waals surface area contributed by atoms with E-state index in [1.807, 2.05) is 6.92 Å². The van der Waals surface area contributed by atoms with Crippen molar-refractivity contribution in [1.82, 2.24) is 0 Å². The van der Waals surface area contributed by atoms with E-state index >= 15 is 0 Å². The fourth-order valence-corrected chi connectivity index (χ4v) is 2.61. The Hall–Kier alpha value is -0.630. The van der Waals surface area contributed by atoms with E-state index in [1.54, 1.807) is 0 Å². The Kier molecular flexibility index (Phi) is 2.03. The van der Waals surface area contributed by atoms with Crippen molar-refractivity contribution in [3.8, 4) is 0 Å². The van der Waals surface area contributed by atoms with Gasteiger partial charge in [0, 0.05) is 11.8 Å². The lowest BCUT2D eigenvalue weighted by Crippen LogP contribution is -2.40. The highest BCUT2D eigenvalue weighted by atomic mass is 16.3. The first-order chi connectivity index (χ1) is 6.14. The Morgan fingerprint density at radius 3 is 3.08 bits per heavy atom. The first-order valence-electron chi connectivity index (χ1n) is 5.06. The standard InChI is InChI=1S/C11H16O2/c1-11-7-3-5-9(12)8(11)4-2-6-10(11)13/h4,9,12H,2-3,5-7H2,1H3. The summed E-state index contributed by atoms with van der Waals surface area (Å²) < 4.78 is 0. The van der Waals surface area contributed by atoms with E-state index in [9.17, 15) is 9.90 Å². The van der Waals surface area contributed by atoms with Gasteiger partial charge in [-0.3, -0.25) is 4.79 Å². The second-order valence-electron chi connectivity index (χ2n) is 4.36. The molecule has 1 saturated carbocycles. The maximum atomic E-state index is 11.7. The molecule has 0 bridgehead atoms. The number of carbonyl (C=O) groups is 1. The monoisotopic (exact) mass is 180 g/mol. The number of ketones is 1. The second kappa shape index (κ2) is 2.95. The van der Waals surface area contributed by atoms with Gasteiger partial charge in [0.05, 0.1) is 6.10 Å². The van der Waals surface area contributed by atoms with E-state index in [1.165, 1.54) is 0 Å². The van der Waals surface area contributed by atoms with Crippen LogP contribution in [0, 0.1) is 5.41 Å². The van der Waals surface area contributed by atoms with Gasteiger partial charge in [0.25, 0.3) is 0 Å². The summed E-state index contributed by atoms with van der Waals surface area (Å²) in [5.74, 6) is 0.323. The van der Waals surface area contributed by atoms with Gasteiger partial charge < -0.3 is 5.11 Å². The van der Waals surface area contributed by atoms with E-state index < -0.39 is 0 Å². The van der Waals surface area contributed by atoms with Crippen LogP contribution in [0.15, 0.2) is 11.6 Å². The van der Waals surface area contributed by atoms with Crippen molar-refractivity contribution >= 4 is 5.78 Å². The van der Waals surface area contributed by atoms with Gasteiger partial charge in [-0.25, -0.2) is 0 Å². The number of hydrogen-bond donors (Lipinski definition) is 1. The summed E-state index contributed by atoms with van der Waals surface area (Å²) in [5, 5.41) is 9.77. The van der Waals surface area contributed by atoms with Gasteiger partial charge in [-0.15, -0.1) is 0 Å². The molecule has 1 N–H and O–H groups in total. The van der Waals surface area contributed by atoms with Gasteiger partial charge in [-0.05, 0) is 38.2 Å². The third kappa shape index (κ3) is 1.24. The van der Waals surface area contributed by atoms with Crippen molar-refractivity contribution in [2.45, 2.75) is 45.1 Å². The first kappa shape index (κ1) is 8.95. The molecule has 0 aromatic carbocycles. The molecule has 72 valence electrons. The van der Waals surface area contributed by atoms with Crippen molar-refractivity contribution in [3.63, 3.8) is 0 Å². The highest BCUT2D eigenvalue weighted by Gasteiger charge is 2.43. The van der Waals surface area contributed by atoms with E-state index in [-0.39, 0.29) is 11.5 Å². The van der Waals surface area contributed by atoms with Gasteiger partial charge in [-0.2, -0.15) is 0 Å². The average Bonchev–Trinajstić information content (AvgIpc) is 2.08. The molecule has 2 nitrogen and oxygen atoms in total. The number of allylic oxidation sites excluding steroid dienone is 1. The molecule has 13 heavy (non-hydrogen) atoms. The minimum absolute atomic E-state index is 0.323. The summed E-state index contributed by atoms with van der Waals surface area (Å²) in [6.07, 6.45) is 5.92. The molecular weight excluding hydrogens is 164 g/mol. The van der Waals surface area contributed by atoms with Crippen LogP contribution in [0.25, 0.3) is 0 Å². The van der Waals surface area contributed by atoms with E-state index in [0.717, 1.165) is 31.3 Å². The minimum atomic E-state index is -0.358. The zero-order chi connectivity index (χ0) is 9.47. The molecule has 0 radical (unpaired) electrons. The molecule has 0 aromatic heterocycles. The van der Waals surface area contributed by atoms with Crippen LogP contribution in [0.1, 0.15) is 39.0 Å². The highest BCUT2D eigenvalue weighted by Crippen LogP contribution is 2.44. The van der Waals surface area contributed by atoms with Crippen LogP contribution in [0.5, 0.6) is 0 Å². The van der Waals surface area contributed by atoms with E-state index in [4.69, 9.17) is 0 Å². The van der Waals surface area contributed by atoms with Crippen molar-refractivity contribution in [1.29, 1.82) is 0 Å².